The maximum absolute atomic E-state index is 12.1. The van der Waals surface area contributed by atoms with E-state index in [1.165, 1.54) is 0 Å². The molecule has 2 N–H and O–H groups in total. The minimum atomic E-state index is -4.14. The lowest BCUT2D eigenvalue weighted by Gasteiger charge is -2.25. The van der Waals surface area contributed by atoms with E-state index in [4.69, 9.17) is 0 Å². The van der Waals surface area contributed by atoms with Gasteiger partial charge in [-0.15, -0.1) is 24.0 Å². The molecule has 0 spiro atoms. The lowest BCUT2D eigenvalue weighted by atomic mass is 10.3. The summed E-state index contributed by atoms with van der Waals surface area (Å²) in [5, 5.41) is 5.66. The molecule has 0 heterocycles. The standard InChI is InChI=1S/C13H27F3N4.HI/c1-5-17-12(18-9-8-13(14,15)16)19-10-11(4)20(6-2)7-3;/h11H,5-10H2,1-4H3,(H2,17,18,19);1H. The van der Waals surface area contributed by atoms with Crippen molar-refractivity contribution in [3.05, 3.63) is 0 Å². The smallest absolute Gasteiger partial charge is 0.357 e. The highest BCUT2D eigenvalue weighted by Crippen LogP contribution is 2.17. The van der Waals surface area contributed by atoms with Gasteiger partial charge in [0.05, 0.1) is 13.0 Å². The number of hydrogen-bond donors (Lipinski definition) is 2. The van der Waals surface area contributed by atoms with Crippen LogP contribution >= 0.6 is 24.0 Å². The molecular formula is C13H28F3IN4. The summed E-state index contributed by atoms with van der Waals surface area (Å²) in [6, 6.07) is 0.267. The van der Waals surface area contributed by atoms with E-state index >= 15 is 0 Å². The molecule has 0 fully saturated rings. The second-order valence-corrected chi connectivity index (χ2v) is 4.58. The Hall–Kier alpha value is -0.250. The van der Waals surface area contributed by atoms with Gasteiger partial charge < -0.3 is 10.6 Å². The van der Waals surface area contributed by atoms with Crippen molar-refractivity contribution in [1.29, 1.82) is 0 Å². The molecule has 0 aliphatic rings. The van der Waals surface area contributed by atoms with E-state index in [0.29, 0.717) is 19.0 Å². The molecule has 0 aliphatic heterocycles. The largest absolute Gasteiger partial charge is 0.390 e. The van der Waals surface area contributed by atoms with Gasteiger partial charge in [0.2, 0.25) is 0 Å². The lowest BCUT2D eigenvalue weighted by Crippen LogP contribution is -2.41. The number of aliphatic imine (C=N–C) groups is 1. The normalized spacial score (nSPS) is 13.8. The van der Waals surface area contributed by atoms with Crippen molar-refractivity contribution in [1.82, 2.24) is 15.5 Å². The van der Waals surface area contributed by atoms with E-state index in [1.54, 1.807) is 0 Å². The summed E-state index contributed by atoms with van der Waals surface area (Å²) in [7, 11) is 0. The number of guanidine groups is 1. The van der Waals surface area contributed by atoms with Crippen LogP contribution in [0.2, 0.25) is 0 Å². The van der Waals surface area contributed by atoms with E-state index in [-0.39, 0.29) is 36.6 Å². The molecule has 0 bridgehead atoms. The fraction of sp³-hybridized carbons (Fsp3) is 0.923. The molecule has 0 saturated heterocycles. The molecule has 0 radical (unpaired) electrons. The number of likely N-dealkylation sites (N-methyl/N-ethyl adjacent to an activating group) is 1. The zero-order chi connectivity index (χ0) is 15.6. The van der Waals surface area contributed by atoms with Crippen LogP contribution in [0.3, 0.4) is 0 Å². The van der Waals surface area contributed by atoms with Crippen LogP contribution in [0.5, 0.6) is 0 Å². The molecular weight excluding hydrogens is 396 g/mol. The van der Waals surface area contributed by atoms with Gasteiger partial charge in [-0.25, -0.2) is 0 Å². The SMILES string of the molecule is CCNC(=NCC(C)N(CC)CC)NCCC(F)(F)F.I. The molecule has 0 aromatic heterocycles. The second kappa shape index (κ2) is 12.3. The van der Waals surface area contributed by atoms with Gasteiger partial charge >= 0.3 is 6.18 Å². The molecule has 0 rings (SSSR count). The van der Waals surface area contributed by atoms with E-state index in [1.807, 2.05) is 6.92 Å². The van der Waals surface area contributed by atoms with Crippen LogP contribution in [0.4, 0.5) is 13.2 Å². The molecule has 0 amide bonds. The van der Waals surface area contributed by atoms with Crippen molar-refractivity contribution in [3.8, 4) is 0 Å². The van der Waals surface area contributed by atoms with Crippen molar-refractivity contribution >= 4 is 29.9 Å². The topological polar surface area (TPSA) is 39.7 Å². The van der Waals surface area contributed by atoms with Crippen LogP contribution in [-0.2, 0) is 0 Å². The Balaban J connectivity index is 0. The number of nitrogens with one attached hydrogen (secondary N) is 2. The highest BCUT2D eigenvalue weighted by atomic mass is 127. The first-order valence-electron chi connectivity index (χ1n) is 7.17. The van der Waals surface area contributed by atoms with Crippen LogP contribution in [0.25, 0.3) is 0 Å². The number of halogens is 4. The molecule has 8 heteroatoms. The highest BCUT2D eigenvalue weighted by Gasteiger charge is 2.26. The number of nitrogens with zero attached hydrogens (tertiary/aromatic N) is 2. The van der Waals surface area contributed by atoms with Gasteiger partial charge in [-0.1, -0.05) is 13.8 Å². The molecule has 1 atom stereocenters. The van der Waals surface area contributed by atoms with Gasteiger partial charge in [0.25, 0.3) is 0 Å². The quantitative estimate of drug-likeness (QED) is 0.358. The summed E-state index contributed by atoms with van der Waals surface area (Å²) in [5.41, 5.74) is 0. The molecule has 0 aliphatic carbocycles. The Bertz CT molecular complexity index is 281. The number of rotatable bonds is 8. The third-order valence-electron chi connectivity index (χ3n) is 2.99. The van der Waals surface area contributed by atoms with Crippen LogP contribution < -0.4 is 10.6 Å². The highest BCUT2D eigenvalue weighted by molar-refractivity contribution is 14.0. The predicted octanol–water partition coefficient (Wildman–Crippen LogP) is 2.84. The van der Waals surface area contributed by atoms with E-state index in [0.717, 1.165) is 13.1 Å². The Morgan fingerprint density at radius 2 is 1.71 bits per heavy atom. The number of alkyl halides is 3. The average Bonchev–Trinajstić information content (AvgIpc) is 2.36. The first-order valence-corrected chi connectivity index (χ1v) is 7.17. The van der Waals surface area contributed by atoms with Crippen molar-refractivity contribution in [3.63, 3.8) is 0 Å². The summed E-state index contributed by atoms with van der Waals surface area (Å²) < 4.78 is 36.3. The third-order valence-corrected chi connectivity index (χ3v) is 2.99. The minimum absolute atomic E-state index is 0. The lowest BCUT2D eigenvalue weighted by molar-refractivity contribution is -0.132. The molecule has 0 aromatic carbocycles. The van der Waals surface area contributed by atoms with Crippen LogP contribution in [0.1, 0.15) is 34.1 Å². The van der Waals surface area contributed by atoms with Crippen molar-refractivity contribution in [2.24, 2.45) is 4.99 Å². The first kappa shape index (κ1) is 23.0. The monoisotopic (exact) mass is 424 g/mol. The fourth-order valence-electron chi connectivity index (χ4n) is 1.85. The molecule has 0 saturated carbocycles. The third kappa shape index (κ3) is 12.0. The van der Waals surface area contributed by atoms with E-state index in [9.17, 15) is 13.2 Å². The van der Waals surface area contributed by atoms with Crippen molar-refractivity contribution < 1.29 is 13.2 Å². The Morgan fingerprint density at radius 3 is 2.14 bits per heavy atom. The van der Waals surface area contributed by atoms with E-state index < -0.39 is 12.6 Å². The Labute approximate surface area is 143 Å². The number of hydrogen-bond acceptors (Lipinski definition) is 2. The molecule has 1 unspecified atom stereocenters. The molecule has 21 heavy (non-hydrogen) atoms. The zero-order valence-electron chi connectivity index (χ0n) is 13.3. The van der Waals surface area contributed by atoms with E-state index in [2.05, 4.69) is 41.3 Å². The summed E-state index contributed by atoms with van der Waals surface area (Å²) >= 11 is 0. The fourth-order valence-corrected chi connectivity index (χ4v) is 1.85. The van der Waals surface area contributed by atoms with Crippen LogP contribution in [-0.4, -0.2) is 55.8 Å². The Morgan fingerprint density at radius 1 is 1.14 bits per heavy atom. The molecule has 0 aromatic rings. The summed E-state index contributed by atoms with van der Waals surface area (Å²) in [5.74, 6) is 0.441. The summed E-state index contributed by atoms with van der Waals surface area (Å²) in [6.07, 6.45) is -5.00. The van der Waals surface area contributed by atoms with Gasteiger partial charge in [-0.3, -0.25) is 9.89 Å². The second-order valence-electron chi connectivity index (χ2n) is 4.58. The van der Waals surface area contributed by atoms with Gasteiger partial charge in [0, 0.05) is 19.1 Å². The maximum Gasteiger partial charge on any atom is 0.390 e. The predicted molar refractivity (Wildman–Crippen MR) is 92.5 cm³/mol. The maximum atomic E-state index is 12.1. The van der Waals surface area contributed by atoms with Gasteiger partial charge in [0.1, 0.15) is 0 Å². The summed E-state index contributed by atoms with van der Waals surface area (Å²) in [4.78, 5) is 6.59. The Kier molecular flexibility index (Phi) is 13.5. The van der Waals surface area contributed by atoms with Gasteiger partial charge in [-0.05, 0) is 26.9 Å². The minimum Gasteiger partial charge on any atom is -0.357 e. The van der Waals surface area contributed by atoms with Gasteiger partial charge in [-0.2, -0.15) is 13.2 Å². The first-order chi connectivity index (χ1) is 9.34. The van der Waals surface area contributed by atoms with Gasteiger partial charge in [0.15, 0.2) is 5.96 Å². The van der Waals surface area contributed by atoms with Crippen molar-refractivity contribution in [2.45, 2.75) is 46.3 Å². The van der Waals surface area contributed by atoms with Crippen molar-refractivity contribution in [2.75, 3.05) is 32.7 Å². The molecule has 4 nitrogen and oxygen atoms in total. The molecule has 128 valence electrons. The zero-order valence-corrected chi connectivity index (χ0v) is 15.6. The van der Waals surface area contributed by atoms with Crippen LogP contribution in [0, 0.1) is 0 Å². The summed E-state index contributed by atoms with van der Waals surface area (Å²) in [6.45, 7) is 11.0. The average molecular weight is 424 g/mol. The van der Waals surface area contributed by atoms with Crippen LogP contribution in [0.15, 0.2) is 4.99 Å².